The lowest BCUT2D eigenvalue weighted by atomic mass is 10.2. The van der Waals surface area contributed by atoms with Gasteiger partial charge in [-0.15, -0.1) is 0 Å². The van der Waals surface area contributed by atoms with E-state index in [0.717, 1.165) is 0 Å². The Kier molecular flexibility index (Phi) is 3.19. The summed E-state index contributed by atoms with van der Waals surface area (Å²) in [6.07, 6.45) is 0. The molecular formula is C8H6BrFN2O2. The van der Waals surface area contributed by atoms with Gasteiger partial charge in [0.25, 0.3) is 5.91 Å². The van der Waals surface area contributed by atoms with Gasteiger partial charge in [-0.2, -0.15) is 0 Å². The molecule has 0 unspecified atom stereocenters. The second-order valence-corrected chi connectivity index (χ2v) is 3.27. The highest BCUT2D eigenvalue weighted by atomic mass is 79.9. The SMILES string of the molecule is NC(=O)NC(=O)c1cccc(Br)c1F. The summed E-state index contributed by atoms with van der Waals surface area (Å²) >= 11 is 2.91. The van der Waals surface area contributed by atoms with Crippen molar-refractivity contribution in [1.82, 2.24) is 5.32 Å². The second-order valence-electron chi connectivity index (χ2n) is 2.42. The third kappa shape index (κ3) is 2.29. The molecule has 74 valence electrons. The monoisotopic (exact) mass is 260 g/mol. The number of nitrogens with one attached hydrogen (secondary N) is 1. The lowest BCUT2D eigenvalue weighted by Gasteiger charge is -2.02. The number of amides is 3. The molecule has 0 saturated heterocycles. The Hall–Kier alpha value is -1.43. The fraction of sp³-hybridized carbons (Fsp3) is 0. The molecule has 0 aliphatic carbocycles. The number of primary amides is 1. The van der Waals surface area contributed by atoms with Crippen molar-refractivity contribution in [1.29, 1.82) is 0 Å². The largest absolute Gasteiger partial charge is 0.351 e. The Labute approximate surface area is 87.4 Å². The number of halogens is 2. The molecule has 1 rings (SSSR count). The van der Waals surface area contributed by atoms with E-state index in [1.807, 2.05) is 0 Å². The molecule has 0 heterocycles. The first-order chi connectivity index (χ1) is 6.52. The molecule has 0 aliphatic rings. The summed E-state index contributed by atoms with van der Waals surface area (Å²) in [4.78, 5) is 21.5. The first-order valence-corrected chi connectivity index (χ1v) is 4.36. The van der Waals surface area contributed by atoms with E-state index in [0.29, 0.717) is 0 Å². The van der Waals surface area contributed by atoms with E-state index < -0.39 is 17.8 Å². The molecule has 0 aromatic heterocycles. The second kappa shape index (κ2) is 4.19. The third-order valence-corrected chi connectivity index (χ3v) is 2.05. The molecule has 0 saturated carbocycles. The zero-order valence-corrected chi connectivity index (χ0v) is 8.47. The van der Waals surface area contributed by atoms with E-state index in [9.17, 15) is 14.0 Å². The molecule has 1 aromatic carbocycles. The number of carbonyl (C=O) groups is 2. The van der Waals surface area contributed by atoms with Crippen molar-refractivity contribution in [3.05, 3.63) is 34.1 Å². The minimum Gasteiger partial charge on any atom is -0.351 e. The fourth-order valence-electron chi connectivity index (χ4n) is 0.858. The van der Waals surface area contributed by atoms with Gasteiger partial charge in [0, 0.05) is 0 Å². The smallest absolute Gasteiger partial charge is 0.319 e. The average Bonchev–Trinajstić information content (AvgIpc) is 2.08. The van der Waals surface area contributed by atoms with E-state index in [-0.39, 0.29) is 10.0 Å². The Morgan fingerprint density at radius 3 is 2.64 bits per heavy atom. The van der Waals surface area contributed by atoms with Gasteiger partial charge >= 0.3 is 6.03 Å². The van der Waals surface area contributed by atoms with Crippen molar-refractivity contribution in [2.75, 3.05) is 0 Å². The van der Waals surface area contributed by atoms with Crippen LogP contribution in [0, 0.1) is 5.82 Å². The van der Waals surface area contributed by atoms with Crippen LogP contribution in [0.15, 0.2) is 22.7 Å². The lowest BCUT2D eigenvalue weighted by molar-refractivity contribution is 0.0962. The first-order valence-electron chi connectivity index (χ1n) is 3.57. The maximum Gasteiger partial charge on any atom is 0.319 e. The molecule has 3 N–H and O–H groups in total. The maximum atomic E-state index is 13.2. The van der Waals surface area contributed by atoms with Gasteiger partial charge in [0.1, 0.15) is 5.82 Å². The Morgan fingerprint density at radius 1 is 1.43 bits per heavy atom. The van der Waals surface area contributed by atoms with Gasteiger partial charge in [0.2, 0.25) is 0 Å². The van der Waals surface area contributed by atoms with Crippen molar-refractivity contribution in [3.63, 3.8) is 0 Å². The molecule has 0 atom stereocenters. The summed E-state index contributed by atoms with van der Waals surface area (Å²) in [6.45, 7) is 0. The lowest BCUT2D eigenvalue weighted by Crippen LogP contribution is -2.35. The number of carbonyl (C=O) groups excluding carboxylic acids is 2. The minimum atomic E-state index is -1.02. The van der Waals surface area contributed by atoms with E-state index in [2.05, 4.69) is 15.9 Å². The van der Waals surface area contributed by atoms with Crippen molar-refractivity contribution in [2.45, 2.75) is 0 Å². The molecule has 0 aliphatic heterocycles. The molecular weight excluding hydrogens is 255 g/mol. The van der Waals surface area contributed by atoms with Crippen LogP contribution in [0.1, 0.15) is 10.4 Å². The molecule has 0 bridgehead atoms. The number of rotatable bonds is 1. The number of urea groups is 1. The van der Waals surface area contributed by atoms with Gasteiger partial charge < -0.3 is 5.73 Å². The predicted molar refractivity (Wildman–Crippen MR) is 51.1 cm³/mol. The number of hydrogen-bond donors (Lipinski definition) is 2. The standard InChI is InChI=1S/C8H6BrFN2O2/c9-5-3-1-2-4(6(5)10)7(13)12-8(11)14/h1-3H,(H3,11,12,13,14). The Bertz CT molecular complexity index is 395. The van der Waals surface area contributed by atoms with Crippen LogP contribution >= 0.6 is 15.9 Å². The van der Waals surface area contributed by atoms with Crippen LogP contribution in [0.3, 0.4) is 0 Å². The molecule has 0 spiro atoms. The van der Waals surface area contributed by atoms with E-state index in [4.69, 9.17) is 5.73 Å². The summed E-state index contributed by atoms with van der Waals surface area (Å²) in [5.74, 6) is -1.59. The third-order valence-electron chi connectivity index (χ3n) is 1.43. The van der Waals surface area contributed by atoms with Crippen molar-refractivity contribution < 1.29 is 14.0 Å². The molecule has 4 nitrogen and oxygen atoms in total. The van der Waals surface area contributed by atoms with Crippen LogP contribution in [-0.4, -0.2) is 11.9 Å². The molecule has 1 aromatic rings. The van der Waals surface area contributed by atoms with Crippen LogP contribution in [0.5, 0.6) is 0 Å². The van der Waals surface area contributed by atoms with Gasteiger partial charge in [0.15, 0.2) is 0 Å². The summed E-state index contributed by atoms with van der Waals surface area (Å²) in [7, 11) is 0. The zero-order valence-electron chi connectivity index (χ0n) is 6.88. The van der Waals surface area contributed by atoms with Crippen molar-refractivity contribution in [3.8, 4) is 0 Å². The summed E-state index contributed by atoms with van der Waals surface area (Å²) < 4.78 is 13.4. The quantitative estimate of drug-likeness (QED) is 0.801. The van der Waals surface area contributed by atoms with Crippen molar-refractivity contribution >= 4 is 27.9 Å². The molecule has 3 amide bonds. The van der Waals surface area contributed by atoms with Crippen LogP contribution in [-0.2, 0) is 0 Å². The van der Waals surface area contributed by atoms with E-state index >= 15 is 0 Å². The predicted octanol–water partition coefficient (Wildman–Crippen LogP) is 1.40. The number of nitrogens with two attached hydrogens (primary N) is 1. The fourth-order valence-corrected chi connectivity index (χ4v) is 1.22. The maximum absolute atomic E-state index is 13.2. The molecule has 6 heteroatoms. The summed E-state index contributed by atoms with van der Waals surface area (Å²) in [6, 6.07) is 3.15. The molecule has 14 heavy (non-hydrogen) atoms. The highest BCUT2D eigenvalue weighted by Gasteiger charge is 2.14. The number of hydrogen-bond acceptors (Lipinski definition) is 2. The van der Waals surface area contributed by atoms with Crippen LogP contribution in [0.25, 0.3) is 0 Å². The Morgan fingerprint density at radius 2 is 2.07 bits per heavy atom. The van der Waals surface area contributed by atoms with Crippen LogP contribution in [0.2, 0.25) is 0 Å². The highest BCUT2D eigenvalue weighted by molar-refractivity contribution is 9.10. The topological polar surface area (TPSA) is 72.2 Å². The van der Waals surface area contributed by atoms with Crippen LogP contribution < -0.4 is 11.1 Å². The van der Waals surface area contributed by atoms with E-state index in [1.165, 1.54) is 18.2 Å². The summed E-state index contributed by atoms with van der Waals surface area (Å²) in [5.41, 5.74) is 4.48. The minimum absolute atomic E-state index is 0.148. The normalized spacial score (nSPS) is 9.57. The highest BCUT2D eigenvalue weighted by Crippen LogP contribution is 2.18. The van der Waals surface area contributed by atoms with Gasteiger partial charge in [0.05, 0.1) is 10.0 Å². The van der Waals surface area contributed by atoms with Gasteiger partial charge in [-0.3, -0.25) is 10.1 Å². The Balaban J connectivity index is 3.01. The number of imide groups is 1. The van der Waals surface area contributed by atoms with Gasteiger partial charge in [-0.25, -0.2) is 9.18 Å². The van der Waals surface area contributed by atoms with E-state index in [1.54, 1.807) is 5.32 Å². The molecule has 0 radical (unpaired) electrons. The van der Waals surface area contributed by atoms with Gasteiger partial charge in [-0.05, 0) is 28.1 Å². The average molecular weight is 261 g/mol. The number of benzene rings is 1. The van der Waals surface area contributed by atoms with Gasteiger partial charge in [-0.1, -0.05) is 6.07 Å². The zero-order chi connectivity index (χ0) is 10.7. The molecule has 0 fully saturated rings. The summed E-state index contributed by atoms with van der Waals surface area (Å²) in [5, 5.41) is 1.77. The van der Waals surface area contributed by atoms with Crippen molar-refractivity contribution in [2.24, 2.45) is 5.73 Å². The van der Waals surface area contributed by atoms with Crippen LogP contribution in [0.4, 0.5) is 9.18 Å². The first kappa shape index (κ1) is 10.6.